The van der Waals surface area contributed by atoms with Crippen LogP contribution in [0.4, 0.5) is 0 Å². The highest BCUT2D eigenvalue weighted by molar-refractivity contribution is 9.11. The van der Waals surface area contributed by atoms with Crippen LogP contribution >= 0.6 is 15.9 Å². The maximum atomic E-state index is 10.7. The molecule has 62 valence electrons. The Morgan fingerprint density at radius 1 is 1.82 bits per heavy atom. The van der Waals surface area contributed by atoms with Gasteiger partial charge in [0, 0.05) is 17.6 Å². The van der Waals surface area contributed by atoms with E-state index >= 15 is 0 Å². The second-order valence-corrected chi connectivity index (χ2v) is 3.82. The van der Waals surface area contributed by atoms with Gasteiger partial charge in [0.2, 0.25) is 5.91 Å². The molecule has 0 spiro atoms. The zero-order valence-electron chi connectivity index (χ0n) is 6.22. The summed E-state index contributed by atoms with van der Waals surface area (Å²) in [5.74, 6) is -0.231. The molecule has 1 aliphatic rings. The molecule has 1 amide bonds. The van der Waals surface area contributed by atoms with E-state index in [0.717, 1.165) is 17.4 Å². The number of nitrogens with two attached hydrogens (primary N) is 1. The van der Waals surface area contributed by atoms with E-state index in [-0.39, 0.29) is 11.9 Å². The van der Waals surface area contributed by atoms with Crippen molar-refractivity contribution in [1.82, 2.24) is 4.90 Å². The molecule has 0 aromatic heterocycles. The summed E-state index contributed by atoms with van der Waals surface area (Å²) in [7, 11) is 0. The van der Waals surface area contributed by atoms with Crippen LogP contribution in [0.25, 0.3) is 0 Å². The summed E-state index contributed by atoms with van der Waals surface area (Å²) < 4.78 is 0.892. The summed E-state index contributed by atoms with van der Waals surface area (Å²) in [6.45, 7) is 5.35. The van der Waals surface area contributed by atoms with Gasteiger partial charge in [0.25, 0.3) is 0 Å². The van der Waals surface area contributed by atoms with E-state index in [1.54, 1.807) is 0 Å². The van der Waals surface area contributed by atoms with Gasteiger partial charge in [-0.15, -0.1) is 0 Å². The van der Waals surface area contributed by atoms with Crippen LogP contribution in [0.5, 0.6) is 0 Å². The second kappa shape index (κ2) is 3.36. The fourth-order valence-corrected chi connectivity index (χ4v) is 1.49. The standard InChI is InChI=1S/C7H11BrN2O/c1-5(8)4-10-3-2-6(10)7(9)11/h6H,1-4H2,(H2,9,11). The molecule has 1 aliphatic heterocycles. The SMILES string of the molecule is C=C(Br)CN1CCC1C(N)=O. The van der Waals surface area contributed by atoms with E-state index in [1.165, 1.54) is 0 Å². The van der Waals surface area contributed by atoms with E-state index in [2.05, 4.69) is 22.5 Å². The van der Waals surface area contributed by atoms with Crippen LogP contribution in [-0.4, -0.2) is 29.9 Å². The first kappa shape index (κ1) is 8.74. The smallest absolute Gasteiger partial charge is 0.234 e. The minimum atomic E-state index is -0.231. The van der Waals surface area contributed by atoms with E-state index in [9.17, 15) is 4.79 Å². The van der Waals surface area contributed by atoms with Gasteiger partial charge in [-0.3, -0.25) is 9.69 Å². The lowest BCUT2D eigenvalue weighted by molar-refractivity contribution is -0.127. The first-order chi connectivity index (χ1) is 5.11. The highest BCUT2D eigenvalue weighted by Crippen LogP contribution is 2.19. The van der Waals surface area contributed by atoms with Crippen LogP contribution < -0.4 is 5.73 Å². The molecule has 1 saturated heterocycles. The average Bonchev–Trinajstić information content (AvgIpc) is 1.78. The molecule has 0 bridgehead atoms. The lowest BCUT2D eigenvalue weighted by Gasteiger charge is -2.38. The topological polar surface area (TPSA) is 46.3 Å². The molecule has 11 heavy (non-hydrogen) atoms. The predicted molar refractivity (Wildman–Crippen MR) is 47.2 cm³/mol. The summed E-state index contributed by atoms with van der Waals surface area (Å²) in [6.07, 6.45) is 0.885. The molecule has 0 aromatic carbocycles. The number of carbonyl (C=O) groups excluding carboxylic acids is 1. The molecule has 0 aliphatic carbocycles. The molecular formula is C7H11BrN2O. The first-order valence-electron chi connectivity index (χ1n) is 3.48. The number of hydrogen-bond acceptors (Lipinski definition) is 2. The molecular weight excluding hydrogens is 208 g/mol. The van der Waals surface area contributed by atoms with Crippen LogP contribution in [0.15, 0.2) is 11.1 Å². The van der Waals surface area contributed by atoms with Crippen LogP contribution in [0, 0.1) is 0 Å². The molecule has 1 rings (SSSR count). The van der Waals surface area contributed by atoms with Gasteiger partial charge in [0.15, 0.2) is 0 Å². The van der Waals surface area contributed by atoms with Crippen molar-refractivity contribution in [3.8, 4) is 0 Å². The predicted octanol–water partition coefficient (Wildman–Crippen LogP) is 0.455. The van der Waals surface area contributed by atoms with E-state index in [1.807, 2.05) is 4.90 Å². The minimum Gasteiger partial charge on any atom is -0.368 e. The van der Waals surface area contributed by atoms with Crippen LogP contribution in [0.1, 0.15) is 6.42 Å². The molecule has 4 heteroatoms. The molecule has 2 N–H and O–H groups in total. The largest absolute Gasteiger partial charge is 0.368 e. The van der Waals surface area contributed by atoms with Crippen LogP contribution in [0.3, 0.4) is 0 Å². The molecule has 1 atom stereocenters. The summed E-state index contributed by atoms with van der Waals surface area (Å²) in [6, 6.07) is -0.0655. The summed E-state index contributed by atoms with van der Waals surface area (Å²) >= 11 is 3.24. The summed E-state index contributed by atoms with van der Waals surface area (Å²) in [5, 5.41) is 0. The van der Waals surface area contributed by atoms with Gasteiger partial charge in [-0.25, -0.2) is 0 Å². The normalized spacial score (nSPS) is 24.3. The Labute approximate surface area is 74.4 Å². The molecule has 1 heterocycles. The summed E-state index contributed by atoms with van der Waals surface area (Å²) in [4.78, 5) is 12.7. The Balaban J connectivity index is 2.37. The number of hydrogen-bond donors (Lipinski definition) is 1. The maximum absolute atomic E-state index is 10.7. The molecule has 1 unspecified atom stereocenters. The average molecular weight is 219 g/mol. The van der Waals surface area contributed by atoms with Gasteiger partial charge in [0.1, 0.15) is 0 Å². The molecule has 3 nitrogen and oxygen atoms in total. The number of carbonyl (C=O) groups is 1. The number of likely N-dealkylation sites (tertiary alicyclic amines) is 1. The number of nitrogens with zero attached hydrogens (tertiary/aromatic N) is 1. The number of primary amides is 1. The van der Waals surface area contributed by atoms with Gasteiger partial charge >= 0.3 is 0 Å². The van der Waals surface area contributed by atoms with Gasteiger partial charge in [-0.1, -0.05) is 22.5 Å². The Morgan fingerprint density at radius 2 is 2.45 bits per heavy atom. The molecule has 1 fully saturated rings. The van der Waals surface area contributed by atoms with E-state index in [0.29, 0.717) is 6.54 Å². The third-order valence-electron chi connectivity index (χ3n) is 1.83. The van der Waals surface area contributed by atoms with E-state index < -0.39 is 0 Å². The Hall–Kier alpha value is -0.350. The highest BCUT2D eigenvalue weighted by Gasteiger charge is 2.31. The van der Waals surface area contributed by atoms with Gasteiger partial charge < -0.3 is 5.73 Å². The number of rotatable bonds is 3. The van der Waals surface area contributed by atoms with E-state index in [4.69, 9.17) is 5.73 Å². The number of amides is 1. The van der Waals surface area contributed by atoms with Crippen LogP contribution in [0.2, 0.25) is 0 Å². The maximum Gasteiger partial charge on any atom is 0.234 e. The molecule has 0 saturated carbocycles. The zero-order valence-corrected chi connectivity index (χ0v) is 7.80. The summed E-state index contributed by atoms with van der Waals surface area (Å²) in [5.41, 5.74) is 5.14. The molecule has 0 aromatic rings. The number of halogens is 1. The van der Waals surface area contributed by atoms with Crippen molar-refractivity contribution >= 4 is 21.8 Å². The quantitative estimate of drug-likeness (QED) is 0.749. The first-order valence-corrected chi connectivity index (χ1v) is 4.27. The molecule has 0 radical (unpaired) electrons. The lowest BCUT2D eigenvalue weighted by atomic mass is 10.0. The third-order valence-corrected chi connectivity index (χ3v) is 2.08. The fourth-order valence-electron chi connectivity index (χ4n) is 1.17. The van der Waals surface area contributed by atoms with Crippen molar-refractivity contribution in [2.75, 3.05) is 13.1 Å². The van der Waals surface area contributed by atoms with Crippen molar-refractivity contribution < 1.29 is 4.79 Å². The van der Waals surface area contributed by atoms with Crippen molar-refractivity contribution in [2.45, 2.75) is 12.5 Å². The Kier molecular flexibility index (Phi) is 2.67. The minimum absolute atomic E-state index is 0.0655. The lowest BCUT2D eigenvalue weighted by Crippen LogP contribution is -2.54. The van der Waals surface area contributed by atoms with Gasteiger partial charge in [-0.2, -0.15) is 0 Å². The van der Waals surface area contributed by atoms with Crippen molar-refractivity contribution in [2.24, 2.45) is 5.73 Å². The zero-order chi connectivity index (χ0) is 8.43. The van der Waals surface area contributed by atoms with Crippen LogP contribution in [-0.2, 0) is 4.79 Å². The second-order valence-electron chi connectivity index (χ2n) is 2.69. The Morgan fingerprint density at radius 3 is 2.73 bits per heavy atom. The van der Waals surface area contributed by atoms with Crippen molar-refractivity contribution in [3.63, 3.8) is 0 Å². The van der Waals surface area contributed by atoms with Crippen molar-refractivity contribution in [1.29, 1.82) is 0 Å². The van der Waals surface area contributed by atoms with Gasteiger partial charge in [0.05, 0.1) is 6.04 Å². The van der Waals surface area contributed by atoms with Gasteiger partial charge in [-0.05, 0) is 6.42 Å². The Bertz CT molecular complexity index is 193. The monoisotopic (exact) mass is 218 g/mol. The third kappa shape index (κ3) is 2.04. The van der Waals surface area contributed by atoms with Crippen molar-refractivity contribution in [3.05, 3.63) is 11.1 Å². The fraction of sp³-hybridized carbons (Fsp3) is 0.571. The highest BCUT2D eigenvalue weighted by atomic mass is 79.9.